The number of ether oxygens (including phenoxy) is 1. The molecule has 5 heteroatoms. The van der Waals surface area contributed by atoms with E-state index in [9.17, 15) is 4.79 Å². The lowest BCUT2D eigenvalue weighted by Crippen LogP contribution is -2.55. The summed E-state index contributed by atoms with van der Waals surface area (Å²) in [6, 6.07) is 7.67. The summed E-state index contributed by atoms with van der Waals surface area (Å²) >= 11 is 0. The maximum absolute atomic E-state index is 10.8. The first kappa shape index (κ1) is 15.8. The number of hydrogen-bond donors (Lipinski definition) is 1. The summed E-state index contributed by atoms with van der Waals surface area (Å²) in [6.07, 6.45) is 0. The Morgan fingerprint density at radius 2 is 1.81 bits per heavy atom. The minimum atomic E-state index is -0.915. The second-order valence-corrected chi connectivity index (χ2v) is 5.80. The van der Waals surface area contributed by atoms with Crippen LogP contribution in [0.5, 0.6) is 5.75 Å². The molecule has 1 heterocycles. The standard InChI is InChI=1S/C16H24N2O3/c1-12-10-18(11-13(2)17(12)3)8-9-21-15-6-4-14(5-7-15)16(19)20/h4-7,12-13H,8-11H2,1-3H3,(H,19,20). The van der Waals surface area contributed by atoms with Crippen LogP contribution in [0.1, 0.15) is 24.2 Å². The number of likely N-dealkylation sites (N-methyl/N-ethyl adjacent to an activating group) is 1. The van der Waals surface area contributed by atoms with Crippen molar-refractivity contribution in [1.82, 2.24) is 9.80 Å². The van der Waals surface area contributed by atoms with E-state index in [-0.39, 0.29) is 5.56 Å². The van der Waals surface area contributed by atoms with Crippen molar-refractivity contribution in [3.63, 3.8) is 0 Å². The van der Waals surface area contributed by atoms with Gasteiger partial charge in [0.2, 0.25) is 0 Å². The van der Waals surface area contributed by atoms with Gasteiger partial charge in [-0.2, -0.15) is 0 Å². The monoisotopic (exact) mass is 292 g/mol. The molecule has 0 aromatic heterocycles. The first-order chi connectivity index (χ1) is 9.97. The van der Waals surface area contributed by atoms with Gasteiger partial charge in [0.1, 0.15) is 12.4 Å². The number of carboxylic acid groups (broad SMARTS) is 1. The molecule has 0 bridgehead atoms. The van der Waals surface area contributed by atoms with Crippen LogP contribution in [0.3, 0.4) is 0 Å². The molecule has 0 radical (unpaired) electrons. The predicted octanol–water partition coefficient (Wildman–Crippen LogP) is 1.79. The first-order valence-corrected chi connectivity index (χ1v) is 7.38. The van der Waals surface area contributed by atoms with Gasteiger partial charge in [0.25, 0.3) is 0 Å². The Morgan fingerprint density at radius 1 is 1.24 bits per heavy atom. The summed E-state index contributed by atoms with van der Waals surface area (Å²) in [6.45, 7) is 8.12. The van der Waals surface area contributed by atoms with Crippen molar-refractivity contribution in [3.05, 3.63) is 29.8 Å². The van der Waals surface area contributed by atoms with E-state index in [0.29, 0.717) is 18.7 Å². The molecule has 2 rings (SSSR count). The summed E-state index contributed by atoms with van der Waals surface area (Å²) in [5, 5.41) is 8.84. The van der Waals surface area contributed by atoms with Crippen LogP contribution in [0.25, 0.3) is 0 Å². The van der Waals surface area contributed by atoms with Gasteiger partial charge >= 0.3 is 5.97 Å². The molecular weight excluding hydrogens is 268 g/mol. The number of nitrogens with zero attached hydrogens (tertiary/aromatic N) is 2. The Morgan fingerprint density at radius 3 is 2.33 bits per heavy atom. The number of aromatic carboxylic acids is 1. The fourth-order valence-electron chi connectivity index (χ4n) is 2.68. The zero-order chi connectivity index (χ0) is 15.4. The van der Waals surface area contributed by atoms with Crippen LogP contribution in [-0.4, -0.2) is 66.2 Å². The number of rotatable bonds is 5. The van der Waals surface area contributed by atoms with Gasteiger partial charge in [-0.25, -0.2) is 4.79 Å². The number of piperazine rings is 1. The summed E-state index contributed by atoms with van der Waals surface area (Å²) in [5.74, 6) is -0.197. The maximum Gasteiger partial charge on any atom is 0.335 e. The molecule has 1 N–H and O–H groups in total. The van der Waals surface area contributed by atoms with Crippen LogP contribution >= 0.6 is 0 Å². The fourth-order valence-corrected chi connectivity index (χ4v) is 2.68. The van der Waals surface area contributed by atoms with E-state index in [1.807, 2.05) is 0 Å². The summed E-state index contributed by atoms with van der Waals surface area (Å²) in [4.78, 5) is 15.6. The van der Waals surface area contributed by atoms with Crippen LogP contribution in [-0.2, 0) is 0 Å². The molecule has 21 heavy (non-hydrogen) atoms. The van der Waals surface area contributed by atoms with Crippen LogP contribution in [0.4, 0.5) is 0 Å². The molecule has 0 saturated carbocycles. The highest BCUT2D eigenvalue weighted by Crippen LogP contribution is 2.14. The topological polar surface area (TPSA) is 53.0 Å². The van der Waals surface area contributed by atoms with Gasteiger partial charge in [0.05, 0.1) is 5.56 Å². The molecule has 0 amide bonds. The molecule has 0 spiro atoms. The molecule has 1 aliphatic rings. The van der Waals surface area contributed by atoms with E-state index in [1.54, 1.807) is 24.3 Å². The molecule has 2 atom stereocenters. The van der Waals surface area contributed by atoms with Crippen molar-refractivity contribution >= 4 is 5.97 Å². The lowest BCUT2D eigenvalue weighted by atomic mass is 10.1. The van der Waals surface area contributed by atoms with Gasteiger partial charge in [0.15, 0.2) is 0 Å². The quantitative estimate of drug-likeness (QED) is 0.896. The van der Waals surface area contributed by atoms with Crippen molar-refractivity contribution in [1.29, 1.82) is 0 Å². The summed E-state index contributed by atoms with van der Waals surface area (Å²) in [5.41, 5.74) is 0.282. The molecule has 1 saturated heterocycles. The van der Waals surface area contributed by atoms with E-state index in [0.717, 1.165) is 25.4 Å². The average Bonchev–Trinajstić information content (AvgIpc) is 2.45. The number of hydrogen-bond acceptors (Lipinski definition) is 4. The molecular formula is C16H24N2O3. The third-order valence-electron chi connectivity index (χ3n) is 4.21. The smallest absolute Gasteiger partial charge is 0.335 e. The number of benzene rings is 1. The van der Waals surface area contributed by atoms with Crippen LogP contribution in [0.2, 0.25) is 0 Å². The number of carboxylic acids is 1. The second-order valence-electron chi connectivity index (χ2n) is 5.80. The molecule has 5 nitrogen and oxygen atoms in total. The minimum Gasteiger partial charge on any atom is -0.492 e. The molecule has 1 aliphatic heterocycles. The Kier molecular flexibility index (Phi) is 5.20. The van der Waals surface area contributed by atoms with Crippen molar-refractivity contribution in [2.45, 2.75) is 25.9 Å². The second kappa shape index (κ2) is 6.91. The van der Waals surface area contributed by atoms with E-state index >= 15 is 0 Å². The van der Waals surface area contributed by atoms with Crippen LogP contribution in [0.15, 0.2) is 24.3 Å². The van der Waals surface area contributed by atoms with Crippen molar-refractivity contribution in [3.8, 4) is 5.75 Å². The van der Waals surface area contributed by atoms with E-state index in [4.69, 9.17) is 9.84 Å². The largest absolute Gasteiger partial charge is 0.492 e. The van der Waals surface area contributed by atoms with Crippen LogP contribution in [0, 0.1) is 0 Å². The first-order valence-electron chi connectivity index (χ1n) is 7.38. The van der Waals surface area contributed by atoms with Gasteiger partial charge in [0, 0.05) is 31.7 Å². The third kappa shape index (κ3) is 4.19. The molecule has 1 aromatic carbocycles. The summed E-state index contributed by atoms with van der Waals surface area (Å²) in [7, 11) is 2.17. The number of carbonyl (C=O) groups is 1. The molecule has 116 valence electrons. The van der Waals surface area contributed by atoms with E-state index in [2.05, 4.69) is 30.7 Å². The summed E-state index contributed by atoms with van der Waals surface area (Å²) < 4.78 is 5.69. The van der Waals surface area contributed by atoms with E-state index in [1.165, 1.54) is 0 Å². The van der Waals surface area contributed by atoms with E-state index < -0.39 is 5.97 Å². The lowest BCUT2D eigenvalue weighted by molar-refractivity contribution is 0.0522. The zero-order valence-electron chi connectivity index (χ0n) is 13.0. The Bertz CT molecular complexity index is 463. The normalized spacial score (nSPS) is 24.0. The van der Waals surface area contributed by atoms with Gasteiger partial charge < -0.3 is 9.84 Å². The SMILES string of the molecule is CC1CN(CCOc2ccc(C(=O)O)cc2)CC(C)N1C. The van der Waals surface area contributed by atoms with Crippen molar-refractivity contribution < 1.29 is 14.6 Å². The highest BCUT2D eigenvalue weighted by molar-refractivity contribution is 5.87. The van der Waals surface area contributed by atoms with Crippen molar-refractivity contribution in [2.24, 2.45) is 0 Å². The van der Waals surface area contributed by atoms with Gasteiger partial charge in [-0.1, -0.05) is 0 Å². The average molecular weight is 292 g/mol. The Balaban J connectivity index is 1.78. The predicted molar refractivity (Wildman–Crippen MR) is 82.0 cm³/mol. The molecule has 0 aliphatic carbocycles. The molecule has 1 fully saturated rings. The third-order valence-corrected chi connectivity index (χ3v) is 4.21. The van der Waals surface area contributed by atoms with Gasteiger partial charge in [-0.3, -0.25) is 9.80 Å². The lowest BCUT2D eigenvalue weighted by Gasteiger charge is -2.42. The van der Waals surface area contributed by atoms with Gasteiger partial charge in [-0.15, -0.1) is 0 Å². The molecule has 2 unspecified atom stereocenters. The highest BCUT2D eigenvalue weighted by Gasteiger charge is 2.25. The minimum absolute atomic E-state index is 0.282. The molecule has 1 aromatic rings. The Hall–Kier alpha value is -1.59. The van der Waals surface area contributed by atoms with Crippen molar-refractivity contribution in [2.75, 3.05) is 33.3 Å². The highest BCUT2D eigenvalue weighted by atomic mass is 16.5. The maximum atomic E-state index is 10.8. The fraction of sp³-hybridized carbons (Fsp3) is 0.562. The zero-order valence-corrected chi connectivity index (χ0v) is 13.0. The Labute approximate surface area is 126 Å². The van der Waals surface area contributed by atoms with Gasteiger partial charge in [-0.05, 0) is 45.2 Å². The van der Waals surface area contributed by atoms with Crippen LogP contribution < -0.4 is 4.74 Å².